The highest BCUT2D eigenvalue weighted by atomic mass is 32.2. The van der Waals surface area contributed by atoms with E-state index in [0.717, 1.165) is 29.8 Å². The van der Waals surface area contributed by atoms with Gasteiger partial charge in [-0.15, -0.1) is 0 Å². The SMILES string of the molecule is CCCCSc1nc(N)cc(NC[C@@H]2CCN(C)C2)n1. The molecule has 1 aliphatic rings. The van der Waals surface area contributed by atoms with Gasteiger partial charge in [0.25, 0.3) is 0 Å². The summed E-state index contributed by atoms with van der Waals surface area (Å²) in [6.45, 7) is 5.49. The van der Waals surface area contributed by atoms with Crippen molar-refractivity contribution in [2.75, 3.05) is 43.5 Å². The number of nitrogens with one attached hydrogen (secondary N) is 1. The molecule has 0 amide bonds. The van der Waals surface area contributed by atoms with E-state index in [9.17, 15) is 0 Å². The van der Waals surface area contributed by atoms with Crippen molar-refractivity contribution in [2.24, 2.45) is 5.92 Å². The van der Waals surface area contributed by atoms with Crippen LogP contribution in [0.5, 0.6) is 0 Å². The maximum atomic E-state index is 5.86. The van der Waals surface area contributed by atoms with Crippen LogP contribution in [0, 0.1) is 5.92 Å². The molecule has 20 heavy (non-hydrogen) atoms. The summed E-state index contributed by atoms with van der Waals surface area (Å²) in [7, 11) is 2.17. The fraction of sp³-hybridized carbons (Fsp3) is 0.714. The lowest BCUT2D eigenvalue weighted by Gasteiger charge is -2.13. The number of hydrogen-bond acceptors (Lipinski definition) is 6. The van der Waals surface area contributed by atoms with Gasteiger partial charge in [-0.05, 0) is 32.4 Å². The van der Waals surface area contributed by atoms with Crippen LogP contribution in [-0.2, 0) is 0 Å². The standard InChI is InChI=1S/C14H25N5S/c1-3-4-7-20-14-17-12(15)8-13(18-14)16-9-11-5-6-19(2)10-11/h8,11H,3-7,9-10H2,1-2H3,(H3,15,16,17,18)/t11-/m0/s1. The number of thioether (sulfide) groups is 1. The third-order valence-corrected chi connectivity index (χ3v) is 4.45. The van der Waals surface area contributed by atoms with Crippen molar-refractivity contribution in [2.45, 2.75) is 31.3 Å². The van der Waals surface area contributed by atoms with Crippen molar-refractivity contribution in [3.05, 3.63) is 6.07 Å². The summed E-state index contributed by atoms with van der Waals surface area (Å²) >= 11 is 1.68. The zero-order chi connectivity index (χ0) is 14.4. The zero-order valence-corrected chi connectivity index (χ0v) is 13.2. The first kappa shape index (κ1) is 15.4. The Hall–Kier alpha value is -1.01. The lowest BCUT2D eigenvalue weighted by Crippen LogP contribution is -2.19. The number of nitrogens with two attached hydrogens (primary N) is 1. The molecule has 0 aliphatic carbocycles. The van der Waals surface area contributed by atoms with Gasteiger partial charge in [0.2, 0.25) is 0 Å². The quantitative estimate of drug-likeness (QED) is 0.457. The minimum absolute atomic E-state index is 0.546. The van der Waals surface area contributed by atoms with Crippen LogP contribution in [0.3, 0.4) is 0 Å². The Balaban J connectivity index is 1.86. The lowest BCUT2D eigenvalue weighted by molar-refractivity contribution is 0.399. The van der Waals surface area contributed by atoms with E-state index in [1.807, 2.05) is 6.07 Å². The molecule has 1 aromatic heterocycles. The highest BCUT2D eigenvalue weighted by Crippen LogP contribution is 2.20. The van der Waals surface area contributed by atoms with Crippen molar-refractivity contribution in [1.82, 2.24) is 14.9 Å². The number of rotatable bonds is 7. The van der Waals surface area contributed by atoms with E-state index in [4.69, 9.17) is 5.73 Å². The molecule has 0 spiro atoms. The summed E-state index contributed by atoms with van der Waals surface area (Å²) in [5, 5.41) is 4.19. The monoisotopic (exact) mass is 295 g/mol. The summed E-state index contributed by atoms with van der Waals surface area (Å²) < 4.78 is 0. The van der Waals surface area contributed by atoms with E-state index in [2.05, 4.69) is 34.2 Å². The third-order valence-electron chi connectivity index (χ3n) is 3.52. The molecule has 0 radical (unpaired) electrons. The number of hydrogen-bond donors (Lipinski definition) is 2. The average molecular weight is 295 g/mol. The minimum atomic E-state index is 0.546. The van der Waals surface area contributed by atoms with Crippen molar-refractivity contribution < 1.29 is 0 Å². The smallest absolute Gasteiger partial charge is 0.191 e. The molecule has 6 heteroatoms. The number of nitrogen functional groups attached to an aromatic ring is 1. The van der Waals surface area contributed by atoms with Crippen molar-refractivity contribution >= 4 is 23.4 Å². The zero-order valence-electron chi connectivity index (χ0n) is 12.4. The molecule has 3 N–H and O–H groups in total. The molecular formula is C14H25N5S. The molecule has 0 aromatic carbocycles. The molecule has 1 atom stereocenters. The fourth-order valence-electron chi connectivity index (χ4n) is 2.35. The highest BCUT2D eigenvalue weighted by molar-refractivity contribution is 7.99. The van der Waals surface area contributed by atoms with Crippen LogP contribution in [0.25, 0.3) is 0 Å². The predicted molar refractivity (Wildman–Crippen MR) is 86.2 cm³/mol. The molecule has 0 saturated carbocycles. The van der Waals surface area contributed by atoms with E-state index >= 15 is 0 Å². The largest absolute Gasteiger partial charge is 0.383 e. The molecule has 112 valence electrons. The molecule has 5 nitrogen and oxygen atoms in total. The maximum absolute atomic E-state index is 5.86. The van der Waals surface area contributed by atoms with Gasteiger partial charge in [0.1, 0.15) is 11.6 Å². The van der Waals surface area contributed by atoms with Crippen LogP contribution in [0.4, 0.5) is 11.6 Å². The first-order valence-electron chi connectivity index (χ1n) is 7.37. The topological polar surface area (TPSA) is 67.1 Å². The van der Waals surface area contributed by atoms with Crippen LogP contribution >= 0.6 is 11.8 Å². The summed E-state index contributed by atoms with van der Waals surface area (Å²) in [4.78, 5) is 11.2. The van der Waals surface area contributed by atoms with Crippen LogP contribution in [0.15, 0.2) is 11.2 Å². The first-order chi connectivity index (χ1) is 9.67. The van der Waals surface area contributed by atoms with E-state index in [0.29, 0.717) is 11.7 Å². The van der Waals surface area contributed by atoms with Crippen LogP contribution < -0.4 is 11.1 Å². The van der Waals surface area contributed by atoms with Crippen molar-refractivity contribution in [3.8, 4) is 0 Å². The number of unbranched alkanes of at least 4 members (excludes halogenated alkanes) is 1. The molecule has 1 aliphatic heterocycles. The Labute approximate surface area is 125 Å². The van der Waals surface area contributed by atoms with Gasteiger partial charge in [-0.1, -0.05) is 25.1 Å². The van der Waals surface area contributed by atoms with Crippen molar-refractivity contribution in [1.29, 1.82) is 0 Å². The molecule has 2 heterocycles. The van der Waals surface area contributed by atoms with Gasteiger partial charge in [0, 0.05) is 24.9 Å². The Bertz CT molecular complexity index is 426. The van der Waals surface area contributed by atoms with Gasteiger partial charge in [-0.3, -0.25) is 0 Å². The molecular weight excluding hydrogens is 270 g/mol. The molecule has 1 saturated heterocycles. The van der Waals surface area contributed by atoms with E-state index in [1.54, 1.807) is 11.8 Å². The number of anilines is 2. The van der Waals surface area contributed by atoms with Gasteiger partial charge in [0.05, 0.1) is 0 Å². The molecule has 0 unspecified atom stereocenters. The summed E-state index contributed by atoms with van der Waals surface area (Å²) in [6.07, 6.45) is 3.62. The van der Waals surface area contributed by atoms with Gasteiger partial charge < -0.3 is 16.0 Å². The summed E-state index contributed by atoms with van der Waals surface area (Å²) in [5.41, 5.74) is 5.86. The number of nitrogens with zero attached hydrogens (tertiary/aromatic N) is 3. The van der Waals surface area contributed by atoms with Gasteiger partial charge >= 0.3 is 0 Å². The third kappa shape index (κ3) is 4.83. The van der Waals surface area contributed by atoms with E-state index in [-0.39, 0.29) is 0 Å². The molecule has 0 bridgehead atoms. The second-order valence-electron chi connectivity index (χ2n) is 5.46. The minimum Gasteiger partial charge on any atom is -0.383 e. The summed E-state index contributed by atoms with van der Waals surface area (Å²) in [5.74, 6) is 3.15. The fourth-order valence-corrected chi connectivity index (χ4v) is 3.30. The second-order valence-corrected chi connectivity index (χ2v) is 6.52. The van der Waals surface area contributed by atoms with Gasteiger partial charge in [-0.25, -0.2) is 9.97 Å². The average Bonchev–Trinajstić information content (AvgIpc) is 2.82. The number of likely N-dealkylation sites (tertiary alicyclic amines) is 1. The van der Waals surface area contributed by atoms with E-state index < -0.39 is 0 Å². The first-order valence-corrected chi connectivity index (χ1v) is 8.35. The lowest BCUT2D eigenvalue weighted by atomic mass is 10.1. The van der Waals surface area contributed by atoms with Crippen LogP contribution in [0.2, 0.25) is 0 Å². The normalized spacial score (nSPS) is 19.4. The Morgan fingerprint density at radius 2 is 2.35 bits per heavy atom. The molecule has 1 fully saturated rings. The Morgan fingerprint density at radius 1 is 1.50 bits per heavy atom. The molecule has 2 rings (SSSR count). The van der Waals surface area contributed by atoms with Gasteiger partial charge in [0.15, 0.2) is 5.16 Å². The number of aromatic nitrogens is 2. The Kier molecular flexibility index (Phi) is 5.91. The summed E-state index contributed by atoms with van der Waals surface area (Å²) in [6, 6.07) is 1.82. The predicted octanol–water partition coefficient (Wildman–Crippen LogP) is 2.31. The maximum Gasteiger partial charge on any atom is 0.191 e. The van der Waals surface area contributed by atoms with Crippen molar-refractivity contribution in [3.63, 3.8) is 0 Å². The second kappa shape index (κ2) is 7.69. The van der Waals surface area contributed by atoms with E-state index in [1.165, 1.54) is 25.8 Å². The van der Waals surface area contributed by atoms with Crippen LogP contribution in [0.1, 0.15) is 26.2 Å². The molecule has 1 aromatic rings. The van der Waals surface area contributed by atoms with Gasteiger partial charge in [-0.2, -0.15) is 0 Å². The van der Waals surface area contributed by atoms with Crippen LogP contribution in [-0.4, -0.2) is 47.3 Å². The Morgan fingerprint density at radius 3 is 3.05 bits per heavy atom. The highest BCUT2D eigenvalue weighted by Gasteiger charge is 2.19.